The number of hydrogen-bond donors (Lipinski definition) is 1. The second kappa shape index (κ2) is 7.90. The summed E-state index contributed by atoms with van der Waals surface area (Å²) < 4.78 is 9.35. The summed E-state index contributed by atoms with van der Waals surface area (Å²) in [5.41, 5.74) is 3.27. The molecule has 4 rings (SSSR count). The Hall–Kier alpha value is -2.70. The average molecular weight is 438 g/mol. The third-order valence-electron chi connectivity index (χ3n) is 4.16. The molecule has 0 aliphatic carbocycles. The maximum Gasteiger partial charge on any atom is 0.199 e. The highest BCUT2D eigenvalue weighted by Gasteiger charge is 2.09. The first kappa shape index (κ1) is 17.7. The van der Waals surface area contributed by atoms with Crippen LogP contribution < -0.4 is 4.74 Å². The summed E-state index contributed by atoms with van der Waals surface area (Å²) in [5, 5.41) is 7.15. The topological polar surface area (TPSA) is 42.8 Å². The summed E-state index contributed by atoms with van der Waals surface area (Å²) in [6.07, 6.45) is 0. The van der Waals surface area contributed by atoms with Crippen molar-refractivity contribution in [2.24, 2.45) is 0 Å². The average Bonchev–Trinajstić information content (AvgIpc) is 3.08. The molecule has 0 saturated carbocycles. The molecule has 4 aromatic rings. The van der Waals surface area contributed by atoms with E-state index in [1.807, 2.05) is 59.2 Å². The van der Waals surface area contributed by atoms with Gasteiger partial charge in [-0.15, -0.1) is 0 Å². The number of halogens is 1. The van der Waals surface area contributed by atoms with E-state index in [0.29, 0.717) is 11.4 Å². The SMILES string of the molecule is S=c1[nH]nc(COc2ccc(-c3ccccc3)cc2)n1-c1ccc(Br)cc1. The predicted octanol–water partition coefficient (Wildman–Crippen LogP) is 5.94. The zero-order chi connectivity index (χ0) is 18.6. The van der Waals surface area contributed by atoms with Crippen LogP contribution >= 0.6 is 28.1 Å². The van der Waals surface area contributed by atoms with Crippen molar-refractivity contribution in [1.29, 1.82) is 0 Å². The normalized spacial score (nSPS) is 10.7. The summed E-state index contributed by atoms with van der Waals surface area (Å²) in [7, 11) is 0. The van der Waals surface area contributed by atoms with Crippen LogP contribution in [0, 0.1) is 4.77 Å². The van der Waals surface area contributed by atoms with Gasteiger partial charge in [0.2, 0.25) is 0 Å². The van der Waals surface area contributed by atoms with Gasteiger partial charge in [0, 0.05) is 10.2 Å². The minimum absolute atomic E-state index is 0.313. The van der Waals surface area contributed by atoms with Crippen molar-refractivity contribution >= 4 is 28.1 Å². The molecule has 0 bridgehead atoms. The van der Waals surface area contributed by atoms with Crippen molar-refractivity contribution in [3.8, 4) is 22.6 Å². The molecule has 0 spiro atoms. The highest BCUT2D eigenvalue weighted by atomic mass is 79.9. The van der Waals surface area contributed by atoms with Crippen LogP contribution in [0.4, 0.5) is 0 Å². The summed E-state index contributed by atoms with van der Waals surface area (Å²) in [6.45, 7) is 0.313. The Morgan fingerprint density at radius 3 is 2.26 bits per heavy atom. The minimum atomic E-state index is 0.313. The van der Waals surface area contributed by atoms with E-state index in [2.05, 4.69) is 50.4 Å². The molecule has 0 amide bonds. The first-order valence-electron chi connectivity index (χ1n) is 8.41. The molecule has 1 N–H and O–H groups in total. The standard InChI is InChI=1S/C21H16BrN3OS/c22-17-8-10-18(11-9-17)25-20(23-24-21(25)27)14-26-19-12-6-16(7-13-19)15-4-2-1-3-5-15/h1-13H,14H2,(H,24,27). The van der Waals surface area contributed by atoms with Gasteiger partial charge in [0.25, 0.3) is 0 Å². The van der Waals surface area contributed by atoms with Crippen LogP contribution in [-0.4, -0.2) is 14.8 Å². The van der Waals surface area contributed by atoms with Gasteiger partial charge in [0.1, 0.15) is 12.4 Å². The fourth-order valence-electron chi connectivity index (χ4n) is 2.80. The number of aromatic nitrogens is 3. The largest absolute Gasteiger partial charge is 0.486 e. The van der Waals surface area contributed by atoms with Gasteiger partial charge in [-0.1, -0.05) is 58.4 Å². The molecule has 0 unspecified atom stereocenters. The second-order valence-corrected chi connectivity index (χ2v) is 7.24. The van der Waals surface area contributed by atoms with E-state index in [1.54, 1.807) is 0 Å². The molecule has 6 heteroatoms. The van der Waals surface area contributed by atoms with Gasteiger partial charge in [-0.2, -0.15) is 5.10 Å². The third-order valence-corrected chi connectivity index (χ3v) is 4.96. The molecule has 0 saturated heterocycles. The van der Waals surface area contributed by atoms with Crippen LogP contribution in [0.5, 0.6) is 5.75 Å². The molecule has 0 atom stereocenters. The van der Waals surface area contributed by atoms with E-state index in [-0.39, 0.29) is 0 Å². The Kier molecular flexibility index (Phi) is 5.18. The predicted molar refractivity (Wildman–Crippen MR) is 113 cm³/mol. The summed E-state index contributed by atoms with van der Waals surface area (Å²) in [6, 6.07) is 26.2. The lowest BCUT2D eigenvalue weighted by Gasteiger charge is -2.09. The van der Waals surface area contributed by atoms with Crippen LogP contribution in [0.1, 0.15) is 5.82 Å². The van der Waals surface area contributed by atoms with Crippen LogP contribution in [-0.2, 0) is 6.61 Å². The fourth-order valence-corrected chi connectivity index (χ4v) is 3.33. The van der Waals surface area contributed by atoms with Crippen molar-refractivity contribution in [3.63, 3.8) is 0 Å². The van der Waals surface area contributed by atoms with Gasteiger partial charge < -0.3 is 4.74 Å². The number of benzene rings is 3. The lowest BCUT2D eigenvalue weighted by Crippen LogP contribution is -2.05. The Bertz CT molecular complexity index is 1090. The Balaban J connectivity index is 1.51. The van der Waals surface area contributed by atoms with Gasteiger partial charge in [-0.25, -0.2) is 0 Å². The first-order valence-corrected chi connectivity index (χ1v) is 9.61. The molecule has 1 heterocycles. The van der Waals surface area contributed by atoms with E-state index < -0.39 is 0 Å². The molecule has 4 nitrogen and oxygen atoms in total. The van der Waals surface area contributed by atoms with E-state index in [4.69, 9.17) is 17.0 Å². The van der Waals surface area contributed by atoms with Gasteiger partial charge in [-0.3, -0.25) is 9.67 Å². The number of nitrogens with one attached hydrogen (secondary N) is 1. The first-order chi connectivity index (χ1) is 13.2. The number of ether oxygens (including phenoxy) is 1. The van der Waals surface area contributed by atoms with Crippen molar-refractivity contribution in [1.82, 2.24) is 14.8 Å². The highest BCUT2D eigenvalue weighted by molar-refractivity contribution is 9.10. The quantitative estimate of drug-likeness (QED) is 0.393. The summed E-state index contributed by atoms with van der Waals surface area (Å²) in [5.74, 6) is 1.50. The molecular weight excluding hydrogens is 422 g/mol. The number of rotatable bonds is 5. The number of H-pyrrole nitrogens is 1. The molecule has 134 valence electrons. The number of aromatic amines is 1. The maximum atomic E-state index is 5.92. The zero-order valence-corrected chi connectivity index (χ0v) is 16.7. The summed E-state index contributed by atoms with van der Waals surface area (Å²) >= 11 is 8.81. The zero-order valence-electron chi connectivity index (χ0n) is 14.3. The van der Waals surface area contributed by atoms with Crippen molar-refractivity contribution < 1.29 is 4.74 Å². The van der Waals surface area contributed by atoms with Crippen LogP contribution in [0.2, 0.25) is 0 Å². The van der Waals surface area contributed by atoms with E-state index >= 15 is 0 Å². The monoisotopic (exact) mass is 437 g/mol. The lowest BCUT2D eigenvalue weighted by molar-refractivity contribution is 0.293. The van der Waals surface area contributed by atoms with Crippen molar-refractivity contribution in [2.75, 3.05) is 0 Å². The molecule has 0 aliphatic rings. The van der Waals surface area contributed by atoms with Crippen molar-refractivity contribution in [3.05, 3.63) is 93.9 Å². The number of nitrogens with zero attached hydrogens (tertiary/aromatic N) is 2. The maximum absolute atomic E-state index is 5.92. The van der Waals surface area contributed by atoms with E-state index in [0.717, 1.165) is 27.3 Å². The van der Waals surface area contributed by atoms with Crippen LogP contribution in [0.3, 0.4) is 0 Å². The van der Waals surface area contributed by atoms with Gasteiger partial charge in [0.05, 0.1) is 0 Å². The van der Waals surface area contributed by atoms with Crippen molar-refractivity contribution in [2.45, 2.75) is 6.61 Å². The van der Waals surface area contributed by atoms with Gasteiger partial charge >= 0.3 is 0 Å². The van der Waals surface area contributed by atoms with E-state index in [1.165, 1.54) is 5.56 Å². The third kappa shape index (κ3) is 4.02. The highest BCUT2D eigenvalue weighted by Crippen LogP contribution is 2.23. The second-order valence-electron chi connectivity index (χ2n) is 5.94. The molecule has 27 heavy (non-hydrogen) atoms. The number of hydrogen-bond acceptors (Lipinski definition) is 3. The van der Waals surface area contributed by atoms with Crippen LogP contribution in [0.15, 0.2) is 83.3 Å². The fraction of sp³-hybridized carbons (Fsp3) is 0.0476. The Morgan fingerprint density at radius 1 is 0.889 bits per heavy atom. The molecule has 0 aliphatic heterocycles. The molecule has 1 aromatic heterocycles. The van der Waals surface area contributed by atoms with E-state index in [9.17, 15) is 0 Å². The molecule has 3 aromatic carbocycles. The van der Waals surface area contributed by atoms with Crippen LogP contribution in [0.25, 0.3) is 16.8 Å². The summed E-state index contributed by atoms with van der Waals surface area (Å²) in [4.78, 5) is 0. The molecule has 0 radical (unpaired) electrons. The molecule has 0 fully saturated rings. The molecular formula is C21H16BrN3OS. The Morgan fingerprint density at radius 2 is 1.56 bits per heavy atom. The smallest absolute Gasteiger partial charge is 0.199 e. The lowest BCUT2D eigenvalue weighted by atomic mass is 10.1. The minimum Gasteiger partial charge on any atom is -0.486 e. The van der Waals surface area contributed by atoms with Gasteiger partial charge in [-0.05, 0) is 59.7 Å². The Labute approximate surface area is 170 Å². The van der Waals surface area contributed by atoms with Gasteiger partial charge in [0.15, 0.2) is 10.6 Å².